The van der Waals surface area contributed by atoms with E-state index in [0.717, 1.165) is 24.2 Å². The molecule has 2 unspecified atom stereocenters. The minimum absolute atomic E-state index is 0. The van der Waals surface area contributed by atoms with Crippen LogP contribution in [0.5, 0.6) is 0 Å². The van der Waals surface area contributed by atoms with Crippen LogP contribution >= 0.6 is 12.4 Å². The fourth-order valence-electron chi connectivity index (χ4n) is 3.00. The maximum atomic E-state index is 12.4. The van der Waals surface area contributed by atoms with Crippen LogP contribution in [0.25, 0.3) is 0 Å². The number of rotatable bonds is 7. The number of amides is 4. The molecule has 132 valence electrons. The lowest BCUT2D eigenvalue weighted by Crippen LogP contribution is -2.48. The van der Waals surface area contributed by atoms with Crippen molar-refractivity contribution in [2.24, 2.45) is 17.6 Å². The number of nitrogens with two attached hydrogens (primary N) is 1. The van der Waals surface area contributed by atoms with Crippen molar-refractivity contribution < 1.29 is 14.4 Å². The van der Waals surface area contributed by atoms with Gasteiger partial charge in [0, 0.05) is 12.6 Å². The topological polar surface area (TPSA) is 105 Å². The molecule has 4 N–H and O–H groups in total. The third kappa shape index (κ3) is 4.35. The van der Waals surface area contributed by atoms with Crippen LogP contribution in [0.4, 0.5) is 4.79 Å². The van der Waals surface area contributed by atoms with Crippen molar-refractivity contribution in [1.29, 1.82) is 0 Å². The first-order valence-corrected chi connectivity index (χ1v) is 7.91. The smallest absolute Gasteiger partial charge is 0.325 e. The van der Waals surface area contributed by atoms with Crippen molar-refractivity contribution in [1.82, 2.24) is 15.5 Å². The van der Waals surface area contributed by atoms with Crippen LogP contribution in [0.3, 0.4) is 0 Å². The van der Waals surface area contributed by atoms with Gasteiger partial charge in [0.25, 0.3) is 5.91 Å². The highest BCUT2D eigenvalue weighted by atomic mass is 35.5. The van der Waals surface area contributed by atoms with Gasteiger partial charge in [-0.25, -0.2) is 4.79 Å². The van der Waals surface area contributed by atoms with Crippen LogP contribution in [-0.2, 0) is 9.59 Å². The van der Waals surface area contributed by atoms with Gasteiger partial charge in [-0.3, -0.25) is 14.5 Å². The number of nitrogens with zero attached hydrogens (tertiary/aromatic N) is 1. The van der Waals surface area contributed by atoms with Gasteiger partial charge in [0.2, 0.25) is 5.91 Å². The van der Waals surface area contributed by atoms with Crippen molar-refractivity contribution in [3.05, 3.63) is 0 Å². The second kappa shape index (κ2) is 7.49. The minimum Gasteiger partial charge on any atom is -0.351 e. The first-order valence-electron chi connectivity index (χ1n) is 7.91. The summed E-state index contributed by atoms with van der Waals surface area (Å²) in [7, 11) is 0. The Morgan fingerprint density at radius 3 is 2.52 bits per heavy atom. The molecule has 2 fully saturated rings. The molecule has 7 nitrogen and oxygen atoms in total. The Bertz CT molecular complexity index is 481. The predicted octanol–water partition coefficient (Wildman–Crippen LogP) is 0.618. The van der Waals surface area contributed by atoms with Gasteiger partial charge < -0.3 is 16.4 Å². The molecule has 0 radical (unpaired) electrons. The zero-order valence-corrected chi connectivity index (χ0v) is 14.7. The monoisotopic (exact) mass is 346 g/mol. The van der Waals surface area contributed by atoms with Crippen LogP contribution in [0.2, 0.25) is 0 Å². The van der Waals surface area contributed by atoms with E-state index < -0.39 is 11.6 Å². The van der Waals surface area contributed by atoms with Crippen LogP contribution in [0.15, 0.2) is 0 Å². The molecule has 0 aromatic heterocycles. The van der Waals surface area contributed by atoms with E-state index in [0.29, 0.717) is 12.5 Å². The zero-order chi connectivity index (χ0) is 16.5. The molecule has 4 amide bonds. The lowest BCUT2D eigenvalue weighted by atomic mass is 9.96. The van der Waals surface area contributed by atoms with Gasteiger partial charge >= 0.3 is 6.03 Å². The van der Waals surface area contributed by atoms with Crippen LogP contribution in [0, 0.1) is 11.8 Å². The SMILES string of the molecule is CC(C)CC(CN)NC(=O)CN1C(=O)NC(C)(C2CC2)C1=O.Cl. The van der Waals surface area contributed by atoms with Gasteiger partial charge in [-0.1, -0.05) is 13.8 Å². The summed E-state index contributed by atoms with van der Waals surface area (Å²) in [5.41, 5.74) is 4.80. The Kier molecular flexibility index (Phi) is 6.41. The van der Waals surface area contributed by atoms with E-state index in [1.165, 1.54) is 0 Å². The Hall–Kier alpha value is -1.34. The van der Waals surface area contributed by atoms with E-state index in [1.54, 1.807) is 6.92 Å². The van der Waals surface area contributed by atoms with Crippen molar-refractivity contribution >= 4 is 30.3 Å². The number of hydrogen-bond acceptors (Lipinski definition) is 4. The Morgan fingerprint density at radius 2 is 2.04 bits per heavy atom. The summed E-state index contributed by atoms with van der Waals surface area (Å²) in [6.45, 7) is 5.93. The summed E-state index contributed by atoms with van der Waals surface area (Å²) in [6.07, 6.45) is 2.64. The van der Waals surface area contributed by atoms with Gasteiger partial charge in [0.05, 0.1) is 0 Å². The maximum Gasteiger partial charge on any atom is 0.325 e. The molecule has 23 heavy (non-hydrogen) atoms. The normalized spacial score (nSPS) is 25.2. The maximum absolute atomic E-state index is 12.4. The summed E-state index contributed by atoms with van der Waals surface area (Å²) < 4.78 is 0. The highest BCUT2D eigenvalue weighted by Gasteiger charge is 2.56. The molecule has 0 aromatic rings. The number of carbonyl (C=O) groups excluding carboxylic acids is 3. The average Bonchev–Trinajstić information content (AvgIpc) is 3.24. The van der Waals surface area contributed by atoms with Gasteiger partial charge in [-0.05, 0) is 38.0 Å². The predicted molar refractivity (Wildman–Crippen MR) is 89.1 cm³/mol. The molecule has 2 atom stereocenters. The fourth-order valence-corrected chi connectivity index (χ4v) is 3.00. The molecule has 1 aliphatic carbocycles. The van der Waals surface area contributed by atoms with Crippen LogP contribution < -0.4 is 16.4 Å². The fraction of sp³-hybridized carbons (Fsp3) is 0.800. The van der Waals surface area contributed by atoms with E-state index in [2.05, 4.69) is 10.6 Å². The number of urea groups is 1. The summed E-state index contributed by atoms with van der Waals surface area (Å²) in [6, 6.07) is -0.620. The van der Waals surface area contributed by atoms with E-state index in [4.69, 9.17) is 5.73 Å². The van der Waals surface area contributed by atoms with E-state index in [-0.39, 0.29) is 42.7 Å². The number of halogens is 1. The number of hydrogen-bond donors (Lipinski definition) is 3. The molecule has 8 heteroatoms. The van der Waals surface area contributed by atoms with Gasteiger partial charge in [-0.15, -0.1) is 12.4 Å². The van der Waals surface area contributed by atoms with Gasteiger partial charge in [-0.2, -0.15) is 0 Å². The molecular weight excluding hydrogens is 320 g/mol. The highest BCUT2D eigenvalue weighted by molar-refractivity contribution is 6.09. The van der Waals surface area contributed by atoms with Crippen molar-refractivity contribution in [3.8, 4) is 0 Å². The van der Waals surface area contributed by atoms with Crippen molar-refractivity contribution in [3.63, 3.8) is 0 Å². The molecule has 0 spiro atoms. The number of imide groups is 1. The summed E-state index contributed by atoms with van der Waals surface area (Å²) >= 11 is 0. The van der Waals surface area contributed by atoms with Crippen molar-refractivity contribution in [2.45, 2.75) is 51.6 Å². The molecule has 1 saturated carbocycles. The van der Waals surface area contributed by atoms with E-state index in [1.807, 2.05) is 13.8 Å². The molecule has 0 aromatic carbocycles. The lowest BCUT2D eigenvalue weighted by molar-refractivity contribution is -0.135. The van der Waals surface area contributed by atoms with Gasteiger partial charge in [0.1, 0.15) is 12.1 Å². The third-order valence-corrected chi connectivity index (χ3v) is 4.40. The zero-order valence-electron chi connectivity index (χ0n) is 13.9. The molecule has 0 bridgehead atoms. The Balaban J connectivity index is 0.00000264. The molecule has 2 rings (SSSR count). The minimum atomic E-state index is -0.845. The third-order valence-electron chi connectivity index (χ3n) is 4.40. The Morgan fingerprint density at radius 1 is 1.43 bits per heavy atom. The molecule has 1 saturated heterocycles. The van der Waals surface area contributed by atoms with Crippen LogP contribution in [-0.4, -0.2) is 47.4 Å². The number of carbonyl (C=O) groups is 3. The van der Waals surface area contributed by atoms with Gasteiger partial charge in [0.15, 0.2) is 0 Å². The second-order valence-electron chi connectivity index (χ2n) is 6.93. The molecule has 2 aliphatic rings. The summed E-state index contributed by atoms with van der Waals surface area (Å²) in [5, 5.41) is 5.53. The van der Waals surface area contributed by atoms with E-state index >= 15 is 0 Å². The van der Waals surface area contributed by atoms with Crippen molar-refractivity contribution in [2.75, 3.05) is 13.1 Å². The largest absolute Gasteiger partial charge is 0.351 e. The van der Waals surface area contributed by atoms with Crippen LogP contribution in [0.1, 0.15) is 40.0 Å². The Labute approximate surface area is 143 Å². The summed E-state index contributed by atoms with van der Waals surface area (Å²) in [5.74, 6) is -0.0542. The second-order valence-corrected chi connectivity index (χ2v) is 6.93. The quantitative estimate of drug-likeness (QED) is 0.588. The molecule has 1 heterocycles. The summed E-state index contributed by atoms with van der Waals surface area (Å²) in [4.78, 5) is 37.5. The lowest BCUT2D eigenvalue weighted by Gasteiger charge is -2.22. The standard InChI is InChI=1S/C15H26N4O3.ClH/c1-9(2)6-11(7-16)17-12(20)8-19-13(21)15(3,10-4-5-10)18-14(19)22;/h9-11H,4-8,16H2,1-3H3,(H,17,20)(H,18,22);1H. The first-order chi connectivity index (χ1) is 10.3. The average molecular weight is 347 g/mol. The highest BCUT2D eigenvalue weighted by Crippen LogP contribution is 2.42. The number of nitrogens with one attached hydrogen (secondary N) is 2. The van der Waals surface area contributed by atoms with E-state index in [9.17, 15) is 14.4 Å². The molecular formula is C15H27ClN4O3. The molecule has 1 aliphatic heterocycles. The first kappa shape index (κ1) is 19.7.